The van der Waals surface area contributed by atoms with E-state index in [2.05, 4.69) is 85.3 Å². The molecule has 0 aromatic heterocycles. The number of nitrogens with zero attached hydrogens (tertiary/aromatic N) is 2. The van der Waals surface area contributed by atoms with Crippen molar-refractivity contribution in [3.05, 3.63) is 65.6 Å². The molecule has 0 saturated carbocycles. The molecule has 3 rings (SSSR count). The Labute approximate surface area is 165 Å². The van der Waals surface area contributed by atoms with Crippen LogP contribution in [0, 0.1) is 6.92 Å². The van der Waals surface area contributed by atoms with Gasteiger partial charge < -0.3 is 16.0 Å². The maximum atomic E-state index is 11.7. The van der Waals surface area contributed by atoms with Gasteiger partial charge in [0.25, 0.3) is 0 Å². The number of halogens is 1. The molecule has 2 aromatic rings. The number of nitrogens with two attached hydrogens (primary N) is 1. The van der Waals surface area contributed by atoms with Gasteiger partial charge in [0.15, 0.2) is 0 Å². The average Bonchev–Trinajstić information content (AvgIpc) is 2.95. The molecular weight excluding hydrogens is 359 g/mol. The number of aliphatic imine (C=N–C) groups is 1. The first-order chi connectivity index (χ1) is 13.0. The monoisotopic (exact) mass is 386 g/mol. The predicted octanol–water partition coefficient (Wildman–Crippen LogP) is 4.95. The quantitative estimate of drug-likeness (QED) is 0.714. The molecule has 1 heterocycles. The van der Waals surface area contributed by atoms with Crippen molar-refractivity contribution in [3.8, 4) is 0 Å². The van der Waals surface area contributed by atoms with E-state index in [1.54, 1.807) is 0 Å². The zero-order chi connectivity index (χ0) is 19.8. The minimum absolute atomic E-state index is 0.0174. The molecule has 0 fully saturated rings. The van der Waals surface area contributed by atoms with Crippen molar-refractivity contribution in [2.75, 3.05) is 23.8 Å². The van der Waals surface area contributed by atoms with E-state index in [1.165, 1.54) is 27.4 Å². The second kappa shape index (κ2) is 10.0. The molecule has 1 atom stereocenters. The fraction of sp³-hybridized carbons (Fsp3) is 0.286. The number of hydrogen-bond acceptors (Lipinski definition) is 5. The van der Waals surface area contributed by atoms with Gasteiger partial charge in [0.1, 0.15) is 5.83 Å². The van der Waals surface area contributed by atoms with Crippen molar-refractivity contribution in [3.63, 3.8) is 0 Å². The molecule has 0 bridgehead atoms. The second-order valence-corrected chi connectivity index (χ2v) is 7.66. The van der Waals surface area contributed by atoms with E-state index in [0.29, 0.717) is 5.37 Å². The van der Waals surface area contributed by atoms with Gasteiger partial charge in [-0.05, 0) is 43.8 Å². The summed E-state index contributed by atoms with van der Waals surface area (Å²) in [5.74, 6) is -0.449. The van der Waals surface area contributed by atoms with E-state index >= 15 is 0 Å². The lowest BCUT2D eigenvalue weighted by atomic mass is 10.1. The van der Waals surface area contributed by atoms with Gasteiger partial charge in [-0.1, -0.05) is 42.1 Å². The smallest absolute Gasteiger partial charge is 0.137 e. The van der Waals surface area contributed by atoms with Crippen molar-refractivity contribution in [2.45, 2.75) is 30.7 Å². The molecule has 1 unspecified atom stereocenters. The highest BCUT2D eigenvalue weighted by atomic mass is 32.2. The van der Waals surface area contributed by atoms with Crippen LogP contribution in [-0.2, 0) is 6.54 Å². The molecule has 144 valence electrons. The Morgan fingerprint density at radius 2 is 2.07 bits per heavy atom. The standard InChI is InChI=1S/C17H20N2S.C4H7FN2/c1-12-9-16-17(20-13(2)19(16)3)10-15(12)18-11-14-7-5-4-6-8-14;1-7-3-4(5)2-6/h4-10,13,18H,11H2,1-3H3;2H,1,3,6H2/b;4-2+. The van der Waals surface area contributed by atoms with E-state index in [-0.39, 0.29) is 6.54 Å². The number of nitrogens with one attached hydrogen (secondary N) is 1. The SMILES string of the molecule is C=NC/C(F)=C\N.Cc1cc2c(cc1NCc1ccccc1)SC(C)N2C. The van der Waals surface area contributed by atoms with Gasteiger partial charge in [-0.2, -0.15) is 0 Å². The first kappa shape index (κ1) is 20.8. The van der Waals surface area contributed by atoms with Crippen LogP contribution in [0.15, 0.2) is 64.4 Å². The number of thioether (sulfide) groups is 1. The summed E-state index contributed by atoms with van der Waals surface area (Å²) in [6.07, 6.45) is 0.870. The summed E-state index contributed by atoms with van der Waals surface area (Å²) in [5.41, 5.74) is 9.94. The van der Waals surface area contributed by atoms with Crippen LogP contribution in [0.4, 0.5) is 15.8 Å². The third-order valence-corrected chi connectivity index (χ3v) is 5.54. The fourth-order valence-corrected chi connectivity index (χ4v) is 3.79. The van der Waals surface area contributed by atoms with Gasteiger partial charge in [-0.15, -0.1) is 0 Å². The minimum atomic E-state index is -0.449. The van der Waals surface area contributed by atoms with Gasteiger partial charge in [0.05, 0.1) is 17.6 Å². The van der Waals surface area contributed by atoms with Crippen molar-refractivity contribution in [1.29, 1.82) is 0 Å². The van der Waals surface area contributed by atoms with Crippen molar-refractivity contribution in [1.82, 2.24) is 0 Å². The normalized spacial score (nSPS) is 15.6. The zero-order valence-electron chi connectivity index (χ0n) is 16.1. The van der Waals surface area contributed by atoms with E-state index in [0.717, 1.165) is 12.7 Å². The molecule has 4 nitrogen and oxygen atoms in total. The van der Waals surface area contributed by atoms with Crippen LogP contribution in [0.5, 0.6) is 0 Å². The van der Waals surface area contributed by atoms with Crippen LogP contribution in [0.1, 0.15) is 18.1 Å². The van der Waals surface area contributed by atoms with Crippen LogP contribution in [0.25, 0.3) is 0 Å². The summed E-state index contributed by atoms with van der Waals surface area (Å²) in [6, 6.07) is 15.1. The molecule has 6 heteroatoms. The van der Waals surface area contributed by atoms with Crippen LogP contribution in [-0.4, -0.2) is 25.7 Å². The molecule has 27 heavy (non-hydrogen) atoms. The summed E-state index contributed by atoms with van der Waals surface area (Å²) in [7, 11) is 2.17. The average molecular weight is 387 g/mol. The maximum Gasteiger partial charge on any atom is 0.137 e. The highest BCUT2D eigenvalue weighted by molar-refractivity contribution is 8.00. The number of benzene rings is 2. The van der Waals surface area contributed by atoms with Crippen molar-refractivity contribution < 1.29 is 4.39 Å². The van der Waals surface area contributed by atoms with Crippen LogP contribution < -0.4 is 16.0 Å². The molecule has 0 aliphatic carbocycles. The molecule has 0 saturated heterocycles. The van der Waals surface area contributed by atoms with Gasteiger partial charge in [0.2, 0.25) is 0 Å². The number of fused-ring (bicyclic) bond motifs is 1. The second-order valence-electron chi connectivity index (χ2n) is 6.30. The third kappa shape index (κ3) is 5.76. The highest BCUT2D eigenvalue weighted by Gasteiger charge is 2.24. The molecule has 0 radical (unpaired) electrons. The Kier molecular flexibility index (Phi) is 7.73. The Hall–Kier alpha value is -2.47. The third-order valence-electron chi connectivity index (χ3n) is 4.30. The Morgan fingerprint density at radius 3 is 2.67 bits per heavy atom. The number of rotatable bonds is 5. The molecule has 3 N–H and O–H groups in total. The summed E-state index contributed by atoms with van der Waals surface area (Å²) in [5, 5.41) is 4.08. The summed E-state index contributed by atoms with van der Waals surface area (Å²) < 4.78 is 11.7. The van der Waals surface area contributed by atoms with E-state index in [4.69, 9.17) is 5.73 Å². The van der Waals surface area contributed by atoms with Gasteiger partial charge in [-0.25, -0.2) is 4.39 Å². The largest absolute Gasteiger partial charge is 0.402 e. The van der Waals surface area contributed by atoms with Gasteiger partial charge in [-0.3, -0.25) is 4.99 Å². The van der Waals surface area contributed by atoms with E-state index < -0.39 is 5.83 Å². The molecular formula is C21H27FN4S. The first-order valence-electron chi connectivity index (χ1n) is 8.77. The van der Waals surface area contributed by atoms with Crippen LogP contribution in [0.3, 0.4) is 0 Å². The minimum Gasteiger partial charge on any atom is -0.402 e. The highest BCUT2D eigenvalue weighted by Crippen LogP contribution is 2.44. The Balaban J connectivity index is 0.000000321. The number of anilines is 2. The number of aryl methyl sites for hydroxylation is 1. The van der Waals surface area contributed by atoms with E-state index in [9.17, 15) is 4.39 Å². The molecule has 1 aliphatic heterocycles. The maximum absolute atomic E-state index is 11.7. The lowest BCUT2D eigenvalue weighted by molar-refractivity contribution is 0.617. The summed E-state index contributed by atoms with van der Waals surface area (Å²) >= 11 is 1.93. The van der Waals surface area contributed by atoms with Crippen LogP contribution >= 0.6 is 11.8 Å². The molecule has 0 spiro atoms. The Bertz CT molecular complexity index is 792. The number of hydrogen-bond donors (Lipinski definition) is 2. The molecule has 1 aliphatic rings. The summed E-state index contributed by atoms with van der Waals surface area (Å²) in [4.78, 5) is 6.95. The predicted molar refractivity (Wildman–Crippen MR) is 116 cm³/mol. The zero-order valence-corrected chi connectivity index (χ0v) is 16.9. The van der Waals surface area contributed by atoms with Gasteiger partial charge in [0, 0.05) is 30.4 Å². The van der Waals surface area contributed by atoms with Crippen molar-refractivity contribution >= 4 is 29.9 Å². The van der Waals surface area contributed by atoms with Crippen LogP contribution in [0.2, 0.25) is 0 Å². The van der Waals surface area contributed by atoms with E-state index in [1.807, 2.05) is 11.8 Å². The lowest BCUT2D eigenvalue weighted by Crippen LogP contribution is -2.20. The Morgan fingerprint density at radius 1 is 1.37 bits per heavy atom. The topological polar surface area (TPSA) is 53.6 Å². The fourth-order valence-electron chi connectivity index (χ4n) is 2.64. The molecule has 0 amide bonds. The lowest BCUT2D eigenvalue weighted by Gasteiger charge is -2.18. The van der Waals surface area contributed by atoms with Crippen molar-refractivity contribution in [2.24, 2.45) is 10.7 Å². The molecule has 2 aromatic carbocycles. The summed E-state index contributed by atoms with van der Waals surface area (Å²) in [6.45, 7) is 8.34. The first-order valence-corrected chi connectivity index (χ1v) is 9.65. The van der Waals surface area contributed by atoms with Gasteiger partial charge >= 0.3 is 0 Å².